The molecule has 1 unspecified atom stereocenters. The van der Waals surface area contributed by atoms with Gasteiger partial charge in [-0.3, -0.25) is 0 Å². The van der Waals surface area contributed by atoms with Crippen molar-refractivity contribution in [1.82, 2.24) is 0 Å². The van der Waals surface area contributed by atoms with Crippen molar-refractivity contribution in [2.45, 2.75) is 4.83 Å². The van der Waals surface area contributed by atoms with Crippen molar-refractivity contribution >= 4 is 25.8 Å². The Labute approximate surface area is 103 Å². The van der Waals surface area contributed by atoms with E-state index in [2.05, 4.69) is 15.9 Å². The molecule has 1 aromatic carbocycles. The number of hydrogen-bond acceptors (Lipinski definition) is 3. The van der Waals surface area contributed by atoms with Gasteiger partial charge in [0.15, 0.2) is 0 Å². The standard InChI is InChI=1S/C10H12BrFO3S/c1-15-10-4-3-7(12)5-8(10)9(11)6-16(2,13)14/h3-5,9H,6H2,1-2H3. The van der Waals surface area contributed by atoms with Gasteiger partial charge >= 0.3 is 0 Å². The van der Waals surface area contributed by atoms with Gasteiger partial charge in [0.05, 0.1) is 17.7 Å². The first kappa shape index (κ1) is 13.4. The molecule has 0 amide bonds. The van der Waals surface area contributed by atoms with Gasteiger partial charge in [0.25, 0.3) is 0 Å². The molecule has 0 N–H and O–H groups in total. The molecular weight excluding hydrogens is 299 g/mol. The number of alkyl halides is 1. The zero-order valence-electron chi connectivity index (χ0n) is 8.91. The van der Waals surface area contributed by atoms with Gasteiger partial charge < -0.3 is 4.74 Å². The lowest BCUT2D eigenvalue weighted by Crippen LogP contribution is -2.09. The number of hydrogen-bond donors (Lipinski definition) is 0. The second kappa shape index (κ2) is 5.14. The maximum Gasteiger partial charge on any atom is 0.148 e. The van der Waals surface area contributed by atoms with Crippen LogP contribution in [0.2, 0.25) is 0 Å². The van der Waals surface area contributed by atoms with Crippen LogP contribution in [0.5, 0.6) is 5.75 Å². The van der Waals surface area contributed by atoms with Crippen LogP contribution in [0.1, 0.15) is 10.4 Å². The van der Waals surface area contributed by atoms with Crippen LogP contribution in [0.15, 0.2) is 18.2 Å². The van der Waals surface area contributed by atoms with Gasteiger partial charge in [-0.15, -0.1) is 0 Å². The molecule has 0 aliphatic rings. The molecule has 90 valence electrons. The zero-order valence-corrected chi connectivity index (χ0v) is 11.3. The molecule has 0 aliphatic heterocycles. The predicted molar refractivity (Wildman–Crippen MR) is 64.3 cm³/mol. The van der Waals surface area contributed by atoms with Gasteiger partial charge in [-0.25, -0.2) is 12.8 Å². The quantitative estimate of drug-likeness (QED) is 0.802. The van der Waals surface area contributed by atoms with E-state index in [0.717, 1.165) is 6.26 Å². The molecule has 1 rings (SSSR count). The molecule has 0 heterocycles. The lowest BCUT2D eigenvalue weighted by molar-refractivity contribution is 0.408. The van der Waals surface area contributed by atoms with Crippen LogP contribution >= 0.6 is 15.9 Å². The molecule has 0 fully saturated rings. The molecule has 0 aromatic heterocycles. The summed E-state index contributed by atoms with van der Waals surface area (Å²) in [6.45, 7) is 0. The highest BCUT2D eigenvalue weighted by atomic mass is 79.9. The molecule has 3 nitrogen and oxygen atoms in total. The fourth-order valence-electron chi connectivity index (χ4n) is 1.31. The van der Waals surface area contributed by atoms with Crippen LogP contribution in [-0.4, -0.2) is 27.5 Å². The van der Waals surface area contributed by atoms with Crippen molar-refractivity contribution in [3.05, 3.63) is 29.6 Å². The zero-order chi connectivity index (χ0) is 12.3. The second-order valence-electron chi connectivity index (χ2n) is 3.45. The van der Waals surface area contributed by atoms with E-state index in [4.69, 9.17) is 4.74 Å². The van der Waals surface area contributed by atoms with Gasteiger partial charge in [-0.05, 0) is 18.2 Å². The summed E-state index contributed by atoms with van der Waals surface area (Å²) >= 11 is 3.22. The average molecular weight is 311 g/mol. The van der Waals surface area contributed by atoms with Crippen LogP contribution in [0, 0.1) is 5.82 Å². The van der Waals surface area contributed by atoms with Crippen molar-refractivity contribution in [2.24, 2.45) is 0 Å². The normalized spacial score (nSPS) is 13.5. The molecule has 0 radical (unpaired) electrons. The number of halogens is 2. The van der Waals surface area contributed by atoms with Crippen LogP contribution in [-0.2, 0) is 9.84 Å². The first-order chi connectivity index (χ1) is 7.33. The Bertz CT molecular complexity index is 473. The minimum absolute atomic E-state index is 0.104. The van der Waals surface area contributed by atoms with E-state index in [1.165, 1.54) is 25.3 Å². The molecule has 1 atom stereocenters. The molecule has 1 aromatic rings. The second-order valence-corrected chi connectivity index (χ2v) is 6.74. The largest absolute Gasteiger partial charge is 0.496 e. The molecule has 0 aliphatic carbocycles. The van der Waals surface area contributed by atoms with E-state index >= 15 is 0 Å². The summed E-state index contributed by atoms with van der Waals surface area (Å²) in [6, 6.07) is 4.01. The molecule has 0 bridgehead atoms. The Morgan fingerprint density at radius 2 is 2.12 bits per heavy atom. The molecule has 0 saturated carbocycles. The van der Waals surface area contributed by atoms with Crippen LogP contribution in [0.3, 0.4) is 0 Å². The van der Waals surface area contributed by atoms with E-state index < -0.39 is 20.5 Å². The monoisotopic (exact) mass is 310 g/mol. The molecular formula is C10H12BrFO3S. The van der Waals surface area contributed by atoms with Crippen molar-refractivity contribution in [2.75, 3.05) is 19.1 Å². The predicted octanol–water partition coefficient (Wildman–Crippen LogP) is 2.31. The Balaban J connectivity index is 3.06. The molecule has 0 saturated heterocycles. The molecule has 0 spiro atoms. The average Bonchev–Trinajstić information content (AvgIpc) is 2.15. The summed E-state index contributed by atoms with van der Waals surface area (Å²) in [5.41, 5.74) is 0.493. The van der Waals surface area contributed by atoms with Crippen molar-refractivity contribution < 1.29 is 17.5 Å². The van der Waals surface area contributed by atoms with E-state index in [1.807, 2.05) is 0 Å². The third-order valence-electron chi connectivity index (χ3n) is 1.98. The molecule has 16 heavy (non-hydrogen) atoms. The Morgan fingerprint density at radius 1 is 1.50 bits per heavy atom. The van der Waals surface area contributed by atoms with Gasteiger partial charge in [-0.2, -0.15) is 0 Å². The van der Waals surface area contributed by atoms with Crippen LogP contribution in [0.25, 0.3) is 0 Å². The van der Waals surface area contributed by atoms with Crippen molar-refractivity contribution in [1.29, 1.82) is 0 Å². The number of benzene rings is 1. The highest BCUT2D eigenvalue weighted by Crippen LogP contribution is 2.32. The highest BCUT2D eigenvalue weighted by Gasteiger charge is 2.18. The third kappa shape index (κ3) is 3.75. The van der Waals surface area contributed by atoms with Crippen molar-refractivity contribution in [3.8, 4) is 5.75 Å². The number of rotatable bonds is 4. The number of sulfone groups is 1. The minimum atomic E-state index is -3.13. The summed E-state index contributed by atoms with van der Waals surface area (Å²) in [5.74, 6) is -0.0621. The van der Waals surface area contributed by atoms with Gasteiger partial charge in [0.1, 0.15) is 21.4 Å². The van der Waals surface area contributed by atoms with Gasteiger partial charge in [-0.1, -0.05) is 15.9 Å². The van der Waals surface area contributed by atoms with E-state index in [-0.39, 0.29) is 5.75 Å². The summed E-state index contributed by atoms with van der Waals surface area (Å²) < 4.78 is 40.4. The number of methoxy groups -OCH3 is 1. The first-order valence-electron chi connectivity index (χ1n) is 4.48. The maximum absolute atomic E-state index is 13.1. The van der Waals surface area contributed by atoms with Crippen LogP contribution in [0.4, 0.5) is 4.39 Å². The first-order valence-corrected chi connectivity index (χ1v) is 7.46. The van der Waals surface area contributed by atoms with Gasteiger partial charge in [0, 0.05) is 11.8 Å². The smallest absolute Gasteiger partial charge is 0.148 e. The Morgan fingerprint density at radius 3 is 2.62 bits per heavy atom. The SMILES string of the molecule is COc1ccc(F)cc1C(Br)CS(C)(=O)=O. The lowest BCUT2D eigenvalue weighted by atomic mass is 10.1. The third-order valence-corrected chi connectivity index (χ3v) is 4.16. The summed E-state index contributed by atoms with van der Waals surface area (Å²) in [6.07, 6.45) is 1.13. The van der Waals surface area contributed by atoms with E-state index in [1.54, 1.807) is 0 Å². The van der Waals surface area contributed by atoms with E-state index in [0.29, 0.717) is 11.3 Å². The summed E-state index contributed by atoms with van der Waals surface area (Å²) in [4.78, 5) is -0.479. The number of ether oxygens (including phenoxy) is 1. The van der Waals surface area contributed by atoms with Crippen LogP contribution < -0.4 is 4.74 Å². The van der Waals surface area contributed by atoms with Gasteiger partial charge in [0.2, 0.25) is 0 Å². The summed E-state index contributed by atoms with van der Waals surface area (Å²) in [5, 5.41) is 0. The van der Waals surface area contributed by atoms with Crippen molar-refractivity contribution in [3.63, 3.8) is 0 Å². The lowest BCUT2D eigenvalue weighted by Gasteiger charge is -2.13. The minimum Gasteiger partial charge on any atom is -0.496 e. The highest BCUT2D eigenvalue weighted by molar-refractivity contribution is 9.09. The maximum atomic E-state index is 13.1. The Kier molecular flexibility index (Phi) is 4.32. The fraction of sp³-hybridized carbons (Fsp3) is 0.400. The Hall–Kier alpha value is -0.620. The summed E-state index contributed by atoms with van der Waals surface area (Å²) in [7, 11) is -1.68. The van der Waals surface area contributed by atoms with E-state index in [9.17, 15) is 12.8 Å². The molecule has 6 heteroatoms. The fourth-order valence-corrected chi connectivity index (χ4v) is 3.82. The topological polar surface area (TPSA) is 43.4 Å².